The van der Waals surface area contributed by atoms with Crippen molar-refractivity contribution in [2.24, 2.45) is 11.8 Å². The fraction of sp³-hybridized carbons (Fsp3) is 0.556. The van der Waals surface area contributed by atoms with E-state index >= 15 is 0 Å². The number of nitrogens with one attached hydrogen (secondary N) is 2. The molecule has 2 aromatic rings. The average molecular weight is 387 g/mol. The molecule has 3 heterocycles. The maximum atomic E-state index is 12.1. The maximum Gasteiger partial charge on any atom is 0.220 e. The van der Waals surface area contributed by atoms with Gasteiger partial charge >= 0.3 is 0 Å². The summed E-state index contributed by atoms with van der Waals surface area (Å²) in [6, 6.07) is 5.96. The molecule has 0 aromatic carbocycles. The van der Waals surface area contributed by atoms with Gasteiger partial charge in [0.25, 0.3) is 0 Å². The molecule has 1 saturated heterocycles. The summed E-state index contributed by atoms with van der Waals surface area (Å²) in [5, 5.41) is 6.42. The number of halogens is 2. The molecule has 0 bridgehead atoms. The molecule has 1 aliphatic heterocycles. The zero-order chi connectivity index (χ0) is 16.1. The van der Waals surface area contributed by atoms with Crippen molar-refractivity contribution in [3.05, 3.63) is 36.3 Å². The summed E-state index contributed by atoms with van der Waals surface area (Å²) in [7, 11) is 0. The first-order chi connectivity index (χ1) is 11.2. The van der Waals surface area contributed by atoms with Crippen LogP contribution in [0.5, 0.6) is 0 Å². The second kappa shape index (κ2) is 10.6. The van der Waals surface area contributed by atoms with Gasteiger partial charge < -0.3 is 15.0 Å². The van der Waals surface area contributed by atoms with Crippen LogP contribution in [0, 0.1) is 11.8 Å². The molecule has 1 amide bonds. The first kappa shape index (κ1) is 21.7. The van der Waals surface area contributed by atoms with Crippen LogP contribution in [-0.2, 0) is 11.2 Å². The molecule has 7 heteroatoms. The normalized spacial score (nSPS) is 15.9. The minimum atomic E-state index is 0. The maximum absolute atomic E-state index is 12.1. The predicted molar refractivity (Wildman–Crippen MR) is 106 cm³/mol. The largest absolute Gasteiger partial charge is 0.356 e. The number of imidazole rings is 1. The zero-order valence-electron chi connectivity index (χ0n) is 14.6. The van der Waals surface area contributed by atoms with Gasteiger partial charge in [-0.3, -0.25) is 4.79 Å². The van der Waals surface area contributed by atoms with Crippen LogP contribution in [0.4, 0.5) is 0 Å². The number of rotatable bonds is 6. The van der Waals surface area contributed by atoms with Crippen LogP contribution in [0.2, 0.25) is 0 Å². The number of piperidine rings is 1. The van der Waals surface area contributed by atoms with E-state index in [0.717, 1.165) is 30.9 Å². The van der Waals surface area contributed by atoms with Crippen LogP contribution in [-0.4, -0.2) is 34.9 Å². The minimum Gasteiger partial charge on any atom is -0.356 e. The number of pyridine rings is 1. The van der Waals surface area contributed by atoms with E-state index in [4.69, 9.17) is 0 Å². The van der Waals surface area contributed by atoms with Crippen molar-refractivity contribution < 1.29 is 4.79 Å². The van der Waals surface area contributed by atoms with Gasteiger partial charge in [0.1, 0.15) is 5.65 Å². The molecule has 140 valence electrons. The molecule has 1 fully saturated rings. The lowest BCUT2D eigenvalue weighted by Gasteiger charge is -2.27. The Morgan fingerprint density at radius 3 is 2.84 bits per heavy atom. The standard InChI is InChI=1S/C18H26N4O.2ClH/c1-14(15-5-8-19-9-6-15)12-18(23)20-10-7-16-13-22-11-3-2-4-17(22)21-16;;/h2-4,11,13-15,19H,5-10,12H2,1H3,(H,20,23);2*1H. The van der Waals surface area contributed by atoms with E-state index in [0.29, 0.717) is 24.8 Å². The van der Waals surface area contributed by atoms with Gasteiger partial charge in [0.05, 0.1) is 5.69 Å². The summed E-state index contributed by atoms with van der Waals surface area (Å²) in [6.45, 7) is 5.04. The third-order valence-electron chi connectivity index (χ3n) is 4.81. The summed E-state index contributed by atoms with van der Waals surface area (Å²) >= 11 is 0. The van der Waals surface area contributed by atoms with E-state index < -0.39 is 0 Å². The lowest BCUT2D eigenvalue weighted by atomic mass is 9.84. The molecule has 0 radical (unpaired) electrons. The highest BCUT2D eigenvalue weighted by atomic mass is 35.5. The van der Waals surface area contributed by atoms with Gasteiger partial charge in [-0.05, 0) is 49.9 Å². The van der Waals surface area contributed by atoms with Crippen LogP contribution < -0.4 is 10.6 Å². The van der Waals surface area contributed by atoms with Crippen molar-refractivity contribution in [2.75, 3.05) is 19.6 Å². The second-order valence-electron chi connectivity index (χ2n) is 6.57. The van der Waals surface area contributed by atoms with Crippen LogP contribution in [0.15, 0.2) is 30.6 Å². The Labute approximate surface area is 161 Å². The number of fused-ring (bicyclic) bond motifs is 1. The molecular weight excluding hydrogens is 359 g/mol. The Kier molecular flexibility index (Phi) is 9.25. The Balaban J connectivity index is 0.00000156. The third-order valence-corrected chi connectivity index (χ3v) is 4.81. The first-order valence-electron chi connectivity index (χ1n) is 8.62. The third kappa shape index (κ3) is 6.17. The monoisotopic (exact) mass is 386 g/mol. The van der Waals surface area contributed by atoms with Gasteiger partial charge in [0, 0.05) is 31.8 Å². The summed E-state index contributed by atoms with van der Waals surface area (Å²) in [4.78, 5) is 16.7. The molecule has 2 aromatic heterocycles. The summed E-state index contributed by atoms with van der Waals surface area (Å²) in [5.74, 6) is 1.31. The van der Waals surface area contributed by atoms with Crippen LogP contribution in [0.3, 0.4) is 0 Å². The lowest BCUT2D eigenvalue weighted by molar-refractivity contribution is -0.122. The van der Waals surface area contributed by atoms with Crippen LogP contribution in [0.25, 0.3) is 5.65 Å². The summed E-state index contributed by atoms with van der Waals surface area (Å²) in [5.41, 5.74) is 1.97. The minimum absolute atomic E-state index is 0. The van der Waals surface area contributed by atoms with Crippen LogP contribution >= 0.6 is 24.8 Å². The van der Waals surface area contributed by atoms with E-state index in [2.05, 4.69) is 22.5 Å². The first-order valence-corrected chi connectivity index (χ1v) is 8.62. The van der Waals surface area contributed by atoms with Gasteiger partial charge in [-0.1, -0.05) is 13.0 Å². The molecule has 5 nitrogen and oxygen atoms in total. The zero-order valence-corrected chi connectivity index (χ0v) is 16.2. The Morgan fingerprint density at radius 2 is 2.12 bits per heavy atom. The molecule has 0 saturated carbocycles. The molecule has 1 aliphatic rings. The Bertz CT molecular complexity index is 622. The highest BCUT2D eigenvalue weighted by Gasteiger charge is 2.21. The van der Waals surface area contributed by atoms with Gasteiger partial charge in [0.15, 0.2) is 0 Å². The molecule has 2 N–H and O–H groups in total. The van der Waals surface area contributed by atoms with Crippen molar-refractivity contribution in [3.8, 4) is 0 Å². The number of hydrogen-bond acceptors (Lipinski definition) is 3. The topological polar surface area (TPSA) is 58.4 Å². The Hall–Kier alpha value is -1.30. The van der Waals surface area contributed by atoms with E-state index in [9.17, 15) is 4.79 Å². The SMILES string of the molecule is CC(CC(=O)NCCc1cn2ccccc2n1)C1CCNCC1.Cl.Cl. The number of carbonyl (C=O) groups excluding carboxylic acids is 1. The van der Waals surface area contributed by atoms with Gasteiger partial charge in [-0.25, -0.2) is 4.98 Å². The molecule has 3 rings (SSSR count). The fourth-order valence-electron chi connectivity index (χ4n) is 3.38. The predicted octanol–water partition coefficient (Wildman–Crippen LogP) is 2.86. The molecule has 25 heavy (non-hydrogen) atoms. The molecular formula is C18H28Cl2N4O. The molecule has 1 unspecified atom stereocenters. The number of nitrogens with zero attached hydrogens (tertiary/aromatic N) is 2. The quantitative estimate of drug-likeness (QED) is 0.802. The average Bonchev–Trinajstić information content (AvgIpc) is 2.98. The highest BCUT2D eigenvalue weighted by molar-refractivity contribution is 5.85. The van der Waals surface area contributed by atoms with Crippen molar-refractivity contribution in [2.45, 2.75) is 32.6 Å². The smallest absolute Gasteiger partial charge is 0.220 e. The van der Waals surface area contributed by atoms with E-state index in [1.165, 1.54) is 12.8 Å². The van der Waals surface area contributed by atoms with Crippen LogP contribution in [0.1, 0.15) is 31.9 Å². The van der Waals surface area contributed by atoms with E-state index in [-0.39, 0.29) is 30.7 Å². The molecule has 0 aliphatic carbocycles. The summed E-state index contributed by atoms with van der Waals surface area (Å²) in [6.07, 6.45) is 7.81. The van der Waals surface area contributed by atoms with E-state index in [1.807, 2.05) is 35.0 Å². The fourth-order valence-corrected chi connectivity index (χ4v) is 3.38. The number of hydrogen-bond donors (Lipinski definition) is 2. The summed E-state index contributed by atoms with van der Waals surface area (Å²) < 4.78 is 2.01. The van der Waals surface area contributed by atoms with Crippen molar-refractivity contribution in [3.63, 3.8) is 0 Å². The van der Waals surface area contributed by atoms with Crippen molar-refractivity contribution >= 4 is 36.4 Å². The van der Waals surface area contributed by atoms with E-state index in [1.54, 1.807) is 0 Å². The number of aromatic nitrogens is 2. The lowest BCUT2D eigenvalue weighted by Crippen LogP contribution is -2.34. The number of carbonyl (C=O) groups is 1. The molecule has 0 spiro atoms. The Morgan fingerprint density at radius 1 is 1.36 bits per heavy atom. The highest BCUT2D eigenvalue weighted by Crippen LogP contribution is 2.24. The van der Waals surface area contributed by atoms with Crippen molar-refractivity contribution in [1.29, 1.82) is 0 Å². The van der Waals surface area contributed by atoms with Crippen molar-refractivity contribution in [1.82, 2.24) is 20.0 Å². The van der Waals surface area contributed by atoms with Gasteiger partial charge in [-0.15, -0.1) is 24.8 Å². The number of amides is 1. The second-order valence-corrected chi connectivity index (χ2v) is 6.57. The molecule has 1 atom stereocenters. The van der Waals surface area contributed by atoms with Gasteiger partial charge in [-0.2, -0.15) is 0 Å². The van der Waals surface area contributed by atoms with Gasteiger partial charge in [0.2, 0.25) is 5.91 Å².